The first kappa shape index (κ1) is 33.7. The maximum atomic E-state index is 12.1. The zero-order valence-electron chi connectivity index (χ0n) is 27.7. The van der Waals surface area contributed by atoms with Gasteiger partial charge in [-0.15, -0.1) is 20.7 Å². The van der Waals surface area contributed by atoms with E-state index in [-0.39, 0.29) is 12.6 Å². The number of alkyl carbamates (subject to hydrolysis) is 1. The summed E-state index contributed by atoms with van der Waals surface area (Å²) >= 11 is 1.61. The van der Waals surface area contributed by atoms with Crippen LogP contribution in [0.3, 0.4) is 0 Å². The van der Waals surface area contributed by atoms with Crippen molar-refractivity contribution >= 4 is 23.5 Å². The number of nitrogens with one attached hydrogen (secondary N) is 2. The fourth-order valence-corrected chi connectivity index (χ4v) is 6.49. The van der Waals surface area contributed by atoms with Crippen molar-refractivity contribution in [2.45, 2.75) is 38.7 Å². The number of nitrogens with zero attached hydrogens (tertiary/aromatic N) is 5. The molecule has 11 nitrogen and oxygen atoms in total. The lowest BCUT2D eigenvalue weighted by atomic mass is 10.1. The highest BCUT2D eigenvalue weighted by molar-refractivity contribution is 7.13. The highest BCUT2D eigenvalue weighted by Gasteiger charge is 2.21. The number of aryl methyl sites for hydroxylation is 4. The van der Waals surface area contributed by atoms with Crippen LogP contribution in [0.25, 0.3) is 16.3 Å². The van der Waals surface area contributed by atoms with Gasteiger partial charge in [-0.25, -0.2) is 14.6 Å². The lowest BCUT2D eigenvalue weighted by Crippen LogP contribution is -2.35. The molecule has 0 spiro atoms. The van der Waals surface area contributed by atoms with E-state index in [1.54, 1.807) is 16.2 Å². The number of rotatable bonds is 16. The van der Waals surface area contributed by atoms with Crippen LogP contribution < -0.4 is 20.1 Å². The maximum Gasteiger partial charge on any atom is 0.407 e. The van der Waals surface area contributed by atoms with E-state index in [4.69, 9.17) is 19.7 Å². The standard InChI is InChI=1S/C37H41N7O4S/c1-42-32(14-8-9-19-39-37(46)48-26-29-12-6-3-7-13-29)25-44(41-42)31-17-18-33(34(24-31)47-23-22-43-21-20-38-36(43)45)35-40-30(27-49-35)16-15-28-10-4-2-5-11-28/h2-7,10-13,17-18,24-25,27H,8-9,14-16,19-23,26H2,1H3,(H-,38,39,45,46)/p+1. The lowest BCUT2D eigenvalue weighted by molar-refractivity contribution is -0.738. The van der Waals surface area contributed by atoms with E-state index in [2.05, 4.69) is 40.3 Å². The maximum absolute atomic E-state index is 12.1. The number of carbonyl (C=O) groups is 2. The van der Waals surface area contributed by atoms with Gasteiger partial charge in [-0.2, -0.15) is 0 Å². The van der Waals surface area contributed by atoms with Crippen LogP contribution >= 0.6 is 11.3 Å². The van der Waals surface area contributed by atoms with Crippen molar-refractivity contribution in [3.63, 3.8) is 0 Å². The minimum atomic E-state index is -0.409. The van der Waals surface area contributed by atoms with Gasteiger partial charge < -0.3 is 25.0 Å². The van der Waals surface area contributed by atoms with Gasteiger partial charge in [0.05, 0.1) is 23.0 Å². The molecule has 3 amide bonds. The number of benzene rings is 3. The first-order chi connectivity index (χ1) is 24.0. The molecule has 5 aromatic rings. The summed E-state index contributed by atoms with van der Waals surface area (Å²) in [4.78, 5) is 30.9. The normalized spacial score (nSPS) is 12.6. The van der Waals surface area contributed by atoms with Gasteiger partial charge in [-0.1, -0.05) is 60.7 Å². The van der Waals surface area contributed by atoms with Crippen LogP contribution in [0.1, 0.15) is 35.4 Å². The summed E-state index contributed by atoms with van der Waals surface area (Å²) in [6, 6.07) is 26.1. The Balaban J connectivity index is 1.07. The van der Waals surface area contributed by atoms with Gasteiger partial charge >= 0.3 is 12.1 Å². The van der Waals surface area contributed by atoms with E-state index in [9.17, 15) is 9.59 Å². The quantitative estimate of drug-likeness (QED) is 0.109. The molecule has 0 unspecified atom stereocenters. The van der Waals surface area contributed by atoms with Gasteiger partial charge in [0.1, 0.15) is 31.0 Å². The Labute approximate surface area is 290 Å². The van der Waals surface area contributed by atoms with E-state index in [1.807, 2.05) is 77.2 Å². The molecule has 12 heteroatoms. The number of ether oxygens (including phenoxy) is 2. The second-order valence-electron chi connectivity index (χ2n) is 11.9. The molecule has 0 radical (unpaired) electrons. The molecule has 1 saturated heterocycles. The molecule has 1 fully saturated rings. The molecule has 0 saturated carbocycles. The molecule has 0 bridgehead atoms. The molecule has 3 aromatic carbocycles. The van der Waals surface area contributed by atoms with Crippen LogP contribution in [0, 0.1) is 0 Å². The van der Waals surface area contributed by atoms with E-state index < -0.39 is 6.09 Å². The lowest BCUT2D eigenvalue weighted by Gasteiger charge is -2.16. The average Bonchev–Trinajstić information content (AvgIpc) is 3.87. The smallest absolute Gasteiger partial charge is 0.407 e. The van der Waals surface area contributed by atoms with Crippen molar-refractivity contribution in [2.24, 2.45) is 7.05 Å². The van der Waals surface area contributed by atoms with Gasteiger partial charge in [0.2, 0.25) is 0 Å². The summed E-state index contributed by atoms with van der Waals surface area (Å²) in [5.41, 5.74) is 6.15. The molecule has 6 rings (SSSR count). The zero-order valence-corrected chi connectivity index (χ0v) is 28.5. The van der Waals surface area contributed by atoms with Crippen LogP contribution in [0.5, 0.6) is 5.75 Å². The summed E-state index contributed by atoms with van der Waals surface area (Å²) in [6.07, 6.45) is 5.91. The van der Waals surface area contributed by atoms with Crippen LogP contribution in [0.2, 0.25) is 0 Å². The largest absolute Gasteiger partial charge is 0.491 e. The molecule has 0 atom stereocenters. The second-order valence-corrected chi connectivity index (χ2v) is 12.8. The average molecular weight is 681 g/mol. The summed E-state index contributed by atoms with van der Waals surface area (Å²) in [7, 11) is 1.93. The van der Waals surface area contributed by atoms with Crippen molar-refractivity contribution in [1.29, 1.82) is 0 Å². The number of carbonyl (C=O) groups excluding carboxylic acids is 2. The Morgan fingerprint density at radius 2 is 1.80 bits per heavy atom. The van der Waals surface area contributed by atoms with E-state index >= 15 is 0 Å². The van der Waals surface area contributed by atoms with Crippen molar-refractivity contribution in [3.05, 3.63) is 113 Å². The van der Waals surface area contributed by atoms with Crippen molar-refractivity contribution < 1.29 is 23.7 Å². The van der Waals surface area contributed by atoms with Gasteiger partial charge in [0.15, 0.2) is 17.6 Å². The Kier molecular flexibility index (Phi) is 11.5. The fraction of sp³-hybridized carbons (Fsp3) is 0.324. The Morgan fingerprint density at radius 1 is 1.00 bits per heavy atom. The van der Waals surface area contributed by atoms with Crippen molar-refractivity contribution in [1.82, 2.24) is 30.4 Å². The summed E-state index contributed by atoms with van der Waals surface area (Å²) < 4.78 is 15.4. The summed E-state index contributed by atoms with van der Waals surface area (Å²) in [5, 5.41) is 13.4. The molecule has 2 aromatic heterocycles. The second kappa shape index (κ2) is 16.7. The number of thiazole rings is 1. The number of urea groups is 1. The molecule has 49 heavy (non-hydrogen) atoms. The topological polar surface area (TPSA) is 114 Å². The highest BCUT2D eigenvalue weighted by Crippen LogP contribution is 2.34. The molecule has 1 aliphatic heterocycles. The Hall–Kier alpha value is -5.23. The number of hydrogen-bond acceptors (Lipinski definition) is 7. The minimum Gasteiger partial charge on any atom is -0.491 e. The number of hydrogen-bond donors (Lipinski definition) is 2. The molecule has 3 heterocycles. The number of amides is 3. The predicted molar refractivity (Wildman–Crippen MR) is 188 cm³/mol. The zero-order chi connectivity index (χ0) is 33.8. The number of aromatic nitrogens is 4. The van der Waals surface area contributed by atoms with Gasteiger partial charge in [0.25, 0.3) is 0 Å². The van der Waals surface area contributed by atoms with Gasteiger partial charge in [-0.3, -0.25) is 0 Å². The van der Waals surface area contributed by atoms with E-state index in [0.29, 0.717) is 38.5 Å². The highest BCUT2D eigenvalue weighted by atomic mass is 32.1. The van der Waals surface area contributed by atoms with Gasteiger partial charge in [0, 0.05) is 37.5 Å². The van der Waals surface area contributed by atoms with Crippen LogP contribution in [0.15, 0.2) is 90.4 Å². The van der Waals surface area contributed by atoms with Crippen LogP contribution in [0.4, 0.5) is 9.59 Å². The third-order valence-corrected chi connectivity index (χ3v) is 9.27. The van der Waals surface area contributed by atoms with Crippen LogP contribution in [-0.2, 0) is 37.7 Å². The van der Waals surface area contributed by atoms with Crippen LogP contribution in [-0.4, -0.2) is 64.7 Å². The molecular formula is C37H42N7O4S+. The summed E-state index contributed by atoms with van der Waals surface area (Å²) in [6.45, 7) is 2.98. The van der Waals surface area contributed by atoms with Crippen molar-refractivity contribution in [3.8, 4) is 22.0 Å². The molecule has 1 aliphatic rings. The Morgan fingerprint density at radius 3 is 2.57 bits per heavy atom. The third kappa shape index (κ3) is 9.44. The van der Waals surface area contributed by atoms with E-state index in [0.717, 1.165) is 65.3 Å². The number of unbranched alkanes of at least 4 members (excludes halogenated alkanes) is 1. The fourth-order valence-electron chi connectivity index (χ4n) is 5.60. The monoisotopic (exact) mass is 680 g/mol. The SMILES string of the molecule is C[n+]1nn(-c2ccc(-c3nc(CCc4ccccc4)cs3)c(OCCN3CCNC3=O)c2)cc1CCCCNC(=O)OCc1ccccc1. The summed E-state index contributed by atoms with van der Waals surface area (Å²) in [5.74, 6) is 0.700. The first-order valence-electron chi connectivity index (χ1n) is 16.7. The predicted octanol–water partition coefficient (Wildman–Crippen LogP) is 5.26. The van der Waals surface area contributed by atoms with Gasteiger partial charge in [-0.05, 0) is 48.9 Å². The first-order valence-corrected chi connectivity index (χ1v) is 17.6. The Bertz CT molecular complexity index is 1830. The molecule has 0 aliphatic carbocycles. The third-order valence-electron chi connectivity index (χ3n) is 8.35. The molecule has 254 valence electrons. The molecular weight excluding hydrogens is 639 g/mol. The molecule has 2 N–H and O–H groups in total. The minimum absolute atomic E-state index is 0.0594. The van der Waals surface area contributed by atoms with E-state index in [1.165, 1.54) is 5.56 Å². The van der Waals surface area contributed by atoms with Crippen molar-refractivity contribution in [2.75, 3.05) is 32.8 Å².